The van der Waals surface area contributed by atoms with Crippen LogP contribution in [0.15, 0.2) is 52.1 Å². The summed E-state index contributed by atoms with van der Waals surface area (Å²) in [5.74, 6) is 0.386. The van der Waals surface area contributed by atoms with Crippen molar-refractivity contribution in [2.24, 2.45) is 0 Å². The first-order valence-electron chi connectivity index (χ1n) is 9.08. The Morgan fingerprint density at radius 1 is 1.11 bits per heavy atom. The number of hydrogen-bond donors (Lipinski definition) is 1. The average Bonchev–Trinajstić information content (AvgIpc) is 3.31. The zero-order valence-electron chi connectivity index (χ0n) is 15.4. The van der Waals surface area contributed by atoms with Gasteiger partial charge in [-0.05, 0) is 68.5 Å². The number of rotatable bonds is 5. The largest absolute Gasteiger partial charge is 0.411 e. The van der Waals surface area contributed by atoms with Crippen LogP contribution in [0.25, 0.3) is 11.5 Å². The molecule has 1 aliphatic rings. The fraction of sp³-hybridized carbons (Fsp3) is 0.286. The molecular formula is C21H21N3O2S. The van der Waals surface area contributed by atoms with Crippen molar-refractivity contribution < 1.29 is 9.21 Å². The molecule has 4 rings (SSSR count). The second-order valence-corrected chi connectivity index (χ2v) is 8.12. The standard InChI is InChI=1S/C21H21N3O2S/c1-13-6-8-16(9-7-13)20-23-24-21(26-20)27-14(2)19(25)22-18-11-10-15-4-3-5-17(15)12-18/h6-12,14H,3-5H2,1-2H3,(H,22,25)/t14-/m1/s1. The van der Waals surface area contributed by atoms with Gasteiger partial charge in [0.2, 0.25) is 11.8 Å². The van der Waals surface area contributed by atoms with Crippen molar-refractivity contribution in [3.05, 3.63) is 59.2 Å². The van der Waals surface area contributed by atoms with E-state index < -0.39 is 0 Å². The zero-order chi connectivity index (χ0) is 18.8. The second kappa shape index (κ2) is 7.56. The average molecular weight is 379 g/mol. The van der Waals surface area contributed by atoms with Crippen molar-refractivity contribution in [2.45, 2.75) is 43.6 Å². The number of benzene rings is 2. The minimum absolute atomic E-state index is 0.0759. The lowest BCUT2D eigenvalue weighted by molar-refractivity contribution is -0.115. The van der Waals surface area contributed by atoms with Crippen LogP contribution in [0, 0.1) is 6.92 Å². The highest BCUT2D eigenvalue weighted by atomic mass is 32.2. The molecule has 1 atom stereocenters. The van der Waals surface area contributed by atoms with Gasteiger partial charge in [0, 0.05) is 11.3 Å². The van der Waals surface area contributed by atoms with Crippen molar-refractivity contribution in [1.82, 2.24) is 10.2 Å². The van der Waals surface area contributed by atoms with Gasteiger partial charge in [-0.1, -0.05) is 35.5 Å². The molecule has 1 aromatic heterocycles. The molecular weight excluding hydrogens is 358 g/mol. The number of anilines is 1. The van der Waals surface area contributed by atoms with Crippen molar-refractivity contribution in [1.29, 1.82) is 0 Å². The molecule has 0 aliphatic heterocycles. The van der Waals surface area contributed by atoms with Crippen LogP contribution in [0.3, 0.4) is 0 Å². The molecule has 0 fully saturated rings. The number of nitrogens with zero attached hydrogens (tertiary/aromatic N) is 2. The number of thioether (sulfide) groups is 1. The Kier molecular flexibility index (Phi) is 4.99. The predicted molar refractivity (Wildman–Crippen MR) is 107 cm³/mol. The Morgan fingerprint density at radius 3 is 2.70 bits per heavy atom. The van der Waals surface area contributed by atoms with Crippen LogP contribution in [0.5, 0.6) is 0 Å². The number of nitrogens with one attached hydrogen (secondary N) is 1. The van der Waals surface area contributed by atoms with Crippen molar-refractivity contribution in [3.63, 3.8) is 0 Å². The van der Waals surface area contributed by atoms with Crippen LogP contribution < -0.4 is 5.32 Å². The minimum Gasteiger partial charge on any atom is -0.411 e. The SMILES string of the molecule is Cc1ccc(-c2nnc(S[C@H](C)C(=O)Nc3ccc4c(c3)CCC4)o2)cc1. The summed E-state index contributed by atoms with van der Waals surface area (Å²) >= 11 is 1.26. The number of amides is 1. The Morgan fingerprint density at radius 2 is 1.89 bits per heavy atom. The molecule has 1 amide bonds. The third-order valence-electron chi connectivity index (χ3n) is 4.72. The van der Waals surface area contributed by atoms with E-state index in [9.17, 15) is 4.79 Å². The number of hydrogen-bond acceptors (Lipinski definition) is 5. The summed E-state index contributed by atoms with van der Waals surface area (Å²) in [6, 6.07) is 14.1. The van der Waals surface area contributed by atoms with Crippen LogP contribution in [0.1, 0.15) is 30.0 Å². The monoisotopic (exact) mass is 379 g/mol. The highest BCUT2D eigenvalue weighted by Crippen LogP contribution is 2.28. The quantitative estimate of drug-likeness (QED) is 0.654. The van der Waals surface area contributed by atoms with Crippen molar-refractivity contribution >= 4 is 23.4 Å². The summed E-state index contributed by atoms with van der Waals surface area (Å²) < 4.78 is 5.70. The van der Waals surface area contributed by atoms with Gasteiger partial charge in [0.1, 0.15) is 0 Å². The summed E-state index contributed by atoms with van der Waals surface area (Å²) in [5, 5.41) is 11.2. The Bertz CT molecular complexity index is 966. The van der Waals surface area contributed by atoms with Crippen LogP contribution in [-0.2, 0) is 17.6 Å². The van der Waals surface area contributed by atoms with E-state index in [1.807, 2.05) is 44.2 Å². The topological polar surface area (TPSA) is 68.0 Å². The smallest absolute Gasteiger partial charge is 0.277 e. The highest BCUT2D eigenvalue weighted by molar-refractivity contribution is 8.00. The molecule has 2 aromatic carbocycles. The van der Waals surface area contributed by atoms with Gasteiger partial charge < -0.3 is 9.73 Å². The van der Waals surface area contributed by atoms with Gasteiger partial charge in [0.25, 0.3) is 5.22 Å². The summed E-state index contributed by atoms with van der Waals surface area (Å²) in [4.78, 5) is 12.5. The first kappa shape index (κ1) is 17.8. The molecule has 6 heteroatoms. The molecule has 0 spiro atoms. The molecule has 1 N–H and O–H groups in total. The van der Waals surface area contributed by atoms with Gasteiger partial charge in [-0.15, -0.1) is 10.2 Å². The predicted octanol–water partition coefficient (Wildman–Crippen LogP) is 4.65. The molecule has 3 aromatic rings. The van der Waals surface area contributed by atoms with Crippen molar-refractivity contribution in [3.8, 4) is 11.5 Å². The van der Waals surface area contributed by atoms with Gasteiger partial charge in [0.15, 0.2) is 0 Å². The lowest BCUT2D eigenvalue weighted by Gasteiger charge is -2.11. The molecule has 1 heterocycles. The van der Waals surface area contributed by atoms with Gasteiger partial charge in [-0.2, -0.15) is 0 Å². The number of aryl methyl sites for hydroxylation is 3. The molecule has 0 bridgehead atoms. The van der Waals surface area contributed by atoms with E-state index in [4.69, 9.17) is 4.42 Å². The highest BCUT2D eigenvalue weighted by Gasteiger charge is 2.20. The van der Waals surface area contributed by atoms with E-state index in [-0.39, 0.29) is 11.2 Å². The van der Waals surface area contributed by atoms with E-state index in [0.29, 0.717) is 11.1 Å². The normalized spacial score (nSPS) is 14.0. The van der Waals surface area contributed by atoms with E-state index in [1.165, 1.54) is 34.9 Å². The van der Waals surface area contributed by atoms with Gasteiger partial charge in [0.05, 0.1) is 5.25 Å². The molecule has 5 nitrogen and oxygen atoms in total. The van der Waals surface area contributed by atoms with E-state index >= 15 is 0 Å². The van der Waals surface area contributed by atoms with E-state index in [2.05, 4.69) is 27.6 Å². The zero-order valence-corrected chi connectivity index (χ0v) is 16.2. The Hall–Kier alpha value is -2.60. The molecule has 138 valence electrons. The number of aromatic nitrogens is 2. The maximum absolute atomic E-state index is 12.5. The van der Waals surface area contributed by atoms with Gasteiger partial charge >= 0.3 is 0 Å². The van der Waals surface area contributed by atoms with Gasteiger partial charge in [-0.3, -0.25) is 4.79 Å². The number of carbonyl (C=O) groups excluding carboxylic acids is 1. The van der Waals surface area contributed by atoms with Crippen LogP contribution in [0.4, 0.5) is 5.69 Å². The third kappa shape index (κ3) is 4.06. The lowest BCUT2D eigenvalue weighted by Crippen LogP contribution is -2.22. The molecule has 27 heavy (non-hydrogen) atoms. The maximum atomic E-state index is 12.5. The van der Waals surface area contributed by atoms with Crippen LogP contribution in [0.2, 0.25) is 0 Å². The first-order chi connectivity index (χ1) is 13.1. The van der Waals surface area contributed by atoms with Gasteiger partial charge in [-0.25, -0.2) is 0 Å². The summed E-state index contributed by atoms with van der Waals surface area (Å²) in [6.45, 7) is 3.86. The Labute approximate surface area is 162 Å². The molecule has 0 unspecified atom stereocenters. The van der Waals surface area contributed by atoms with Crippen LogP contribution >= 0.6 is 11.8 Å². The Balaban J connectivity index is 1.39. The molecule has 0 saturated carbocycles. The maximum Gasteiger partial charge on any atom is 0.277 e. The van der Waals surface area contributed by atoms with E-state index in [1.54, 1.807) is 0 Å². The van der Waals surface area contributed by atoms with Crippen molar-refractivity contribution in [2.75, 3.05) is 5.32 Å². The summed E-state index contributed by atoms with van der Waals surface area (Å²) in [6.07, 6.45) is 3.42. The fourth-order valence-electron chi connectivity index (χ4n) is 3.17. The van der Waals surface area contributed by atoms with Crippen LogP contribution in [-0.4, -0.2) is 21.4 Å². The second-order valence-electron chi connectivity index (χ2n) is 6.83. The third-order valence-corrected chi connectivity index (χ3v) is 5.65. The number of fused-ring (bicyclic) bond motifs is 1. The lowest BCUT2D eigenvalue weighted by atomic mass is 10.1. The summed E-state index contributed by atoms with van der Waals surface area (Å²) in [5.41, 5.74) is 5.62. The van der Waals surface area contributed by atoms with E-state index in [0.717, 1.165) is 24.1 Å². The first-order valence-corrected chi connectivity index (χ1v) is 9.96. The summed E-state index contributed by atoms with van der Waals surface area (Å²) in [7, 11) is 0. The molecule has 0 radical (unpaired) electrons. The molecule has 1 aliphatic carbocycles. The minimum atomic E-state index is -0.343. The fourth-order valence-corrected chi connectivity index (χ4v) is 3.85. The molecule has 0 saturated heterocycles. The number of carbonyl (C=O) groups is 1.